The summed E-state index contributed by atoms with van der Waals surface area (Å²) in [6.07, 6.45) is -3.98. The Morgan fingerprint density at radius 3 is 2.44 bits per heavy atom. The van der Waals surface area contributed by atoms with Crippen LogP contribution in [-0.2, 0) is 6.42 Å². The van der Waals surface area contributed by atoms with Gasteiger partial charge in [-0.2, -0.15) is 13.2 Å². The molecule has 3 aromatic rings. The van der Waals surface area contributed by atoms with Crippen molar-refractivity contribution in [1.29, 1.82) is 0 Å². The fourth-order valence-corrected chi connectivity index (χ4v) is 6.29. The lowest BCUT2D eigenvalue weighted by molar-refractivity contribution is -0.206. The van der Waals surface area contributed by atoms with E-state index in [0.717, 1.165) is 65.2 Å². The Hall–Kier alpha value is -2.58. The molecular weight excluding hydrogens is 577 g/mol. The maximum absolute atomic E-state index is 13.3. The summed E-state index contributed by atoms with van der Waals surface area (Å²) < 4.78 is 58.6. The highest BCUT2D eigenvalue weighted by Crippen LogP contribution is 2.44. The lowest BCUT2D eigenvalue weighted by Crippen LogP contribution is -2.26. The van der Waals surface area contributed by atoms with E-state index in [0.29, 0.717) is 35.7 Å². The average Bonchev–Trinajstić information content (AvgIpc) is 3.30. The maximum Gasteiger partial charge on any atom is 0.418 e. The van der Waals surface area contributed by atoms with Gasteiger partial charge in [0.15, 0.2) is 6.10 Å². The number of aliphatic hydroxyl groups excluding tert-OH is 1. The summed E-state index contributed by atoms with van der Waals surface area (Å²) in [6.45, 7) is 2.03. The molecule has 0 saturated carbocycles. The van der Waals surface area contributed by atoms with Crippen LogP contribution in [-0.4, -0.2) is 48.6 Å². The number of allylic oxidation sites excluding steroid dienone is 1. The molecule has 1 heterocycles. The molecule has 2 atom stereocenters. The highest BCUT2D eigenvalue weighted by Gasteiger charge is 2.39. The van der Waals surface area contributed by atoms with E-state index >= 15 is 0 Å². The highest BCUT2D eigenvalue weighted by atomic mass is 35.5. The Balaban J connectivity index is 1.52. The Morgan fingerprint density at radius 1 is 0.976 bits per heavy atom. The molecule has 3 nitrogen and oxygen atoms in total. The van der Waals surface area contributed by atoms with E-state index < -0.39 is 12.3 Å². The largest absolute Gasteiger partial charge is 0.489 e. The summed E-state index contributed by atoms with van der Waals surface area (Å²) in [5.74, 6) is 0.718. The third-order valence-corrected chi connectivity index (χ3v) is 8.29. The molecule has 218 valence electrons. The molecule has 2 aliphatic rings. The third kappa shape index (κ3) is 6.91. The van der Waals surface area contributed by atoms with Gasteiger partial charge >= 0.3 is 6.18 Å². The van der Waals surface area contributed by atoms with Crippen LogP contribution in [0.15, 0.2) is 60.7 Å². The number of ether oxygens (including phenoxy) is 1. The Kier molecular flexibility index (Phi) is 9.29. The van der Waals surface area contributed by atoms with Gasteiger partial charge in [-0.05, 0) is 95.3 Å². The molecule has 0 spiro atoms. The van der Waals surface area contributed by atoms with Gasteiger partial charge in [0.05, 0.1) is 6.67 Å². The molecule has 1 saturated heterocycles. The number of rotatable bonds is 8. The number of hydrogen-bond acceptors (Lipinski definition) is 3. The van der Waals surface area contributed by atoms with Crippen LogP contribution in [0.4, 0.5) is 17.6 Å². The molecule has 0 aromatic heterocycles. The van der Waals surface area contributed by atoms with Crippen molar-refractivity contribution in [2.24, 2.45) is 0 Å². The van der Waals surface area contributed by atoms with Gasteiger partial charge in [0.2, 0.25) is 0 Å². The smallest absolute Gasteiger partial charge is 0.418 e. The van der Waals surface area contributed by atoms with Crippen LogP contribution in [0.5, 0.6) is 5.75 Å². The molecule has 41 heavy (non-hydrogen) atoms. The van der Waals surface area contributed by atoms with Gasteiger partial charge in [-0.25, -0.2) is 0 Å². The van der Waals surface area contributed by atoms with Crippen molar-refractivity contribution in [1.82, 2.24) is 4.90 Å². The van der Waals surface area contributed by atoms with Crippen molar-refractivity contribution in [3.05, 3.63) is 98.5 Å². The van der Waals surface area contributed by atoms with E-state index in [1.165, 1.54) is 12.1 Å². The van der Waals surface area contributed by atoms with Gasteiger partial charge in [-0.3, -0.25) is 9.29 Å². The fraction of sp³-hybridized carbons (Fsp3) is 0.375. The number of likely N-dealkylation sites (tertiary alicyclic amines) is 1. The Labute approximate surface area is 247 Å². The van der Waals surface area contributed by atoms with Crippen LogP contribution in [0, 0.1) is 0 Å². The number of benzene rings is 3. The number of aliphatic hydroxyl groups is 1. The molecule has 1 N–H and O–H groups in total. The minimum Gasteiger partial charge on any atom is -0.489 e. The average molecular weight is 609 g/mol. The zero-order chi connectivity index (χ0) is 29.1. The molecule has 0 amide bonds. The first kappa shape index (κ1) is 29.9. The molecule has 5 rings (SSSR count). The summed E-state index contributed by atoms with van der Waals surface area (Å²) in [4.78, 5) is 2.21. The number of alkyl halides is 4. The van der Waals surface area contributed by atoms with Crippen LogP contribution in [0.3, 0.4) is 0 Å². The Bertz CT molecular complexity index is 1410. The quantitative estimate of drug-likeness (QED) is 0.260. The molecule has 3 aromatic carbocycles. The van der Waals surface area contributed by atoms with Crippen LogP contribution in [0.2, 0.25) is 10.0 Å². The van der Waals surface area contributed by atoms with Crippen LogP contribution in [0.25, 0.3) is 11.1 Å². The van der Waals surface area contributed by atoms with Crippen LogP contribution in [0.1, 0.15) is 59.6 Å². The first-order valence-corrected chi connectivity index (χ1v) is 14.5. The second kappa shape index (κ2) is 12.7. The van der Waals surface area contributed by atoms with Crippen molar-refractivity contribution in [2.45, 2.75) is 50.5 Å². The third-order valence-electron chi connectivity index (χ3n) is 7.74. The minimum atomic E-state index is -4.75. The fourth-order valence-electron chi connectivity index (χ4n) is 5.77. The van der Waals surface area contributed by atoms with Crippen molar-refractivity contribution in [3.8, 4) is 5.75 Å². The molecule has 0 radical (unpaired) electrons. The SMILES string of the molecule is OC(c1ccc2c(c1)CCCC(c1ccc(Cl)cc1Cl)=C2c1ccc(OC2CCN(CCCF)C2)cc1)C(F)(F)F. The lowest BCUT2D eigenvalue weighted by atomic mass is 9.87. The summed E-state index contributed by atoms with van der Waals surface area (Å²) >= 11 is 12.8. The summed E-state index contributed by atoms with van der Waals surface area (Å²) in [7, 11) is 0. The number of aryl methyl sites for hydroxylation is 1. The van der Waals surface area contributed by atoms with Crippen molar-refractivity contribution in [2.75, 3.05) is 26.3 Å². The minimum absolute atomic E-state index is 0.0280. The number of nitrogens with zero attached hydrogens (tertiary/aromatic N) is 1. The maximum atomic E-state index is 13.3. The van der Waals surface area contributed by atoms with E-state index in [4.69, 9.17) is 27.9 Å². The van der Waals surface area contributed by atoms with E-state index in [1.807, 2.05) is 30.3 Å². The van der Waals surface area contributed by atoms with Crippen molar-refractivity contribution in [3.63, 3.8) is 0 Å². The summed E-state index contributed by atoms with van der Waals surface area (Å²) in [5.41, 5.74) is 4.90. The van der Waals surface area contributed by atoms with Crippen molar-refractivity contribution >= 4 is 34.3 Å². The van der Waals surface area contributed by atoms with Crippen molar-refractivity contribution < 1.29 is 27.4 Å². The van der Waals surface area contributed by atoms with E-state index in [9.17, 15) is 22.7 Å². The van der Waals surface area contributed by atoms with E-state index in [2.05, 4.69) is 4.90 Å². The molecule has 2 unspecified atom stereocenters. The Morgan fingerprint density at radius 2 is 1.73 bits per heavy atom. The molecule has 1 aliphatic heterocycles. The van der Waals surface area contributed by atoms with Gasteiger partial charge in [0, 0.05) is 29.7 Å². The first-order chi connectivity index (χ1) is 19.6. The summed E-state index contributed by atoms with van der Waals surface area (Å²) in [6, 6.07) is 17.5. The zero-order valence-corrected chi connectivity index (χ0v) is 23.9. The summed E-state index contributed by atoms with van der Waals surface area (Å²) in [5, 5.41) is 10.9. The predicted octanol–water partition coefficient (Wildman–Crippen LogP) is 8.70. The van der Waals surface area contributed by atoms with Crippen LogP contribution < -0.4 is 4.74 Å². The molecule has 0 bridgehead atoms. The number of hydrogen-bond donors (Lipinski definition) is 1. The molecule has 1 aliphatic carbocycles. The number of fused-ring (bicyclic) bond motifs is 1. The molecule has 1 fully saturated rings. The second-order valence-corrected chi connectivity index (χ2v) is 11.4. The highest BCUT2D eigenvalue weighted by molar-refractivity contribution is 6.36. The zero-order valence-electron chi connectivity index (χ0n) is 22.4. The van der Waals surface area contributed by atoms with Gasteiger partial charge in [-0.15, -0.1) is 0 Å². The van der Waals surface area contributed by atoms with E-state index in [-0.39, 0.29) is 18.3 Å². The van der Waals surface area contributed by atoms with Gasteiger partial charge in [0.25, 0.3) is 0 Å². The monoisotopic (exact) mass is 607 g/mol. The second-order valence-electron chi connectivity index (χ2n) is 10.6. The number of halogens is 6. The topological polar surface area (TPSA) is 32.7 Å². The normalized spacial score (nSPS) is 18.8. The lowest BCUT2D eigenvalue weighted by Gasteiger charge is -2.20. The van der Waals surface area contributed by atoms with Crippen LogP contribution >= 0.6 is 23.2 Å². The van der Waals surface area contributed by atoms with Gasteiger partial charge < -0.3 is 9.84 Å². The van der Waals surface area contributed by atoms with Gasteiger partial charge in [-0.1, -0.05) is 59.6 Å². The van der Waals surface area contributed by atoms with Gasteiger partial charge in [0.1, 0.15) is 11.9 Å². The molecular formula is C32H31Cl2F4NO2. The van der Waals surface area contributed by atoms with E-state index in [1.54, 1.807) is 18.2 Å². The molecule has 9 heteroatoms. The first-order valence-electron chi connectivity index (χ1n) is 13.8. The standard InChI is InChI=1S/C32H31Cl2F4NO2/c33-23-8-12-27(29(34)18-23)28-4-1-3-21-17-22(31(40)32(36,37)38)7-11-26(21)30(28)20-5-9-24(10-6-20)41-25-13-16-39(19-25)15-2-14-35/h5-12,17-18,25,31,40H,1-4,13-16,19H2. The predicted molar refractivity (Wildman–Crippen MR) is 155 cm³/mol.